The zero-order valence-corrected chi connectivity index (χ0v) is 23.0. The highest BCUT2D eigenvalue weighted by Crippen LogP contribution is 2.27. The molecule has 0 unspecified atom stereocenters. The van der Waals surface area contributed by atoms with E-state index in [2.05, 4.69) is 10.0 Å². The van der Waals surface area contributed by atoms with Crippen LogP contribution in [-0.4, -0.2) is 55.6 Å². The van der Waals surface area contributed by atoms with Crippen LogP contribution < -0.4 is 15.8 Å². The summed E-state index contributed by atoms with van der Waals surface area (Å²) in [7, 11) is -3.82. The molecular formula is C29H39N5O4S. The number of nitrogens with one attached hydrogen (secondary N) is 3. The Hall–Kier alpha value is -3.24. The van der Waals surface area contributed by atoms with Crippen molar-refractivity contribution in [1.82, 2.24) is 14.9 Å². The quantitative estimate of drug-likeness (QED) is 0.250. The summed E-state index contributed by atoms with van der Waals surface area (Å²) in [6, 6.07) is 16.5. The molecule has 1 saturated carbocycles. The monoisotopic (exact) mass is 553 g/mol. The lowest BCUT2D eigenvalue weighted by atomic mass is 9.84. The van der Waals surface area contributed by atoms with Crippen LogP contribution in [0.3, 0.4) is 0 Å². The number of amidine groups is 1. The number of likely N-dealkylation sites (tertiary alicyclic amines) is 1. The molecule has 2 amide bonds. The molecule has 2 atom stereocenters. The maximum absolute atomic E-state index is 13.8. The third-order valence-electron chi connectivity index (χ3n) is 7.64. The molecule has 2 aliphatic rings. The highest BCUT2D eigenvalue weighted by atomic mass is 32.2. The molecule has 1 saturated heterocycles. The molecule has 0 bridgehead atoms. The summed E-state index contributed by atoms with van der Waals surface area (Å²) < 4.78 is 28.9. The maximum atomic E-state index is 13.8. The first kappa shape index (κ1) is 28.8. The van der Waals surface area contributed by atoms with Gasteiger partial charge in [0.1, 0.15) is 12.1 Å². The number of rotatable bonds is 11. The van der Waals surface area contributed by atoms with E-state index in [0.29, 0.717) is 37.3 Å². The summed E-state index contributed by atoms with van der Waals surface area (Å²) in [6.45, 7) is 0.411. The zero-order valence-electron chi connectivity index (χ0n) is 22.2. The molecule has 4 rings (SSSR count). The van der Waals surface area contributed by atoms with Crippen LogP contribution in [0.15, 0.2) is 60.7 Å². The molecule has 10 heteroatoms. The number of amides is 2. The van der Waals surface area contributed by atoms with Crippen molar-refractivity contribution in [2.45, 2.75) is 75.2 Å². The van der Waals surface area contributed by atoms with Crippen LogP contribution in [0.2, 0.25) is 0 Å². The van der Waals surface area contributed by atoms with Gasteiger partial charge in [-0.3, -0.25) is 15.0 Å². The first-order valence-electron chi connectivity index (χ1n) is 13.7. The van der Waals surface area contributed by atoms with Crippen molar-refractivity contribution in [3.8, 4) is 0 Å². The van der Waals surface area contributed by atoms with Gasteiger partial charge in [0.25, 0.3) is 0 Å². The fraction of sp³-hybridized carbons (Fsp3) is 0.483. The lowest BCUT2D eigenvalue weighted by Crippen LogP contribution is -2.55. The summed E-state index contributed by atoms with van der Waals surface area (Å²) in [5, 5.41) is 10.6. The Morgan fingerprint density at radius 3 is 2.18 bits per heavy atom. The van der Waals surface area contributed by atoms with E-state index in [9.17, 15) is 18.0 Å². The van der Waals surface area contributed by atoms with Gasteiger partial charge in [-0.15, -0.1) is 0 Å². The van der Waals surface area contributed by atoms with Gasteiger partial charge in [-0.25, -0.2) is 13.1 Å². The SMILES string of the molecule is N=C(N)CC1CCC(NC(=O)[C@@H]2CCCN2C(=O)[C@@H](Cc2ccccc2)NS(=O)(=O)Cc2ccccc2)CC1. The Morgan fingerprint density at radius 2 is 1.56 bits per heavy atom. The highest BCUT2D eigenvalue weighted by Gasteiger charge is 2.39. The van der Waals surface area contributed by atoms with Gasteiger partial charge in [-0.1, -0.05) is 60.7 Å². The summed E-state index contributed by atoms with van der Waals surface area (Å²) in [5.41, 5.74) is 7.01. The Labute approximate surface area is 231 Å². The second kappa shape index (κ2) is 13.2. The van der Waals surface area contributed by atoms with E-state index in [1.165, 1.54) is 0 Å². The predicted octanol–water partition coefficient (Wildman–Crippen LogP) is 2.71. The largest absolute Gasteiger partial charge is 0.388 e. The van der Waals surface area contributed by atoms with Gasteiger partial charge in [-0.2, -0.15) is 0 Å². The molecule has 0 radical (unpaired) electrons. The zero-order chi connectivity index (χ0) is 27.8. The van der Waals surface area contributed by atoms with Gasteiger partial charge in [0.15, 0.2) is 0 Å². The summed E-state index contributed by atoms with van der Waals surface area (Å²) in [5.74, 6) is -0.211. The van der Waals surface area contributed by atoms with Crippen molar-refractivity contribution < 1.29 is 18.0 Å². The minimum absolute atomic E-state index is 0.0303. The molecule has 9 nitrogen and oxygen atoms in total. The van der Waals surface area contributed by atoms with E-state index in [-0.39, 0.29) is 35.9 Å². The van der Waals surface area contributed by atoms with Gasteiger partial charge in [0, 0.05) is 19.0 Å². The normalized spacial score (nSPS) is 22.3. The van der Waals surface area contributed by atoms with E-state index in [1.54, 1.807) is 29.2 Å². The molecule has 0 spiro atoms. The fourth-order valence-corrected chi connectivity index (χ4v) is 7.04. The predicted molar refractivity (Wildman–Crippen MR) is 151 cm³/mol. The van der Waals surface area contributed by atoms with Crippen molar-refractivity contribution in [3.05, 3.63) is 71.8 Å². The van der Waals surface area contributed by atoms with Crippen LogP contribution in [0.25, 0.3) is 0 Å². The summed E-state index contributed by atoms with van der Waals surface area (Å²) in [6.07, 6.45) is 5.46. The Kier molecular flexibility index (Phi) is 9.74. The fourth-order valence-electron chi connectivity index (χ4n) is 5.70. The smallest absolute Gasteiger partial charge is 0.243 e. The van der Waals surface area contributed by atoms with Crippen LogP contribution in [-0.2, 0) is 31.8 Å². The van der Waals surface area contributed by atoms with E-state index in [0.717, 1.165) is 31.2 Å². The molecule has 0 aromatic heterocycles. The van der Waals surface area contributed by atoms with Gasteiger partial charge in [-0.05, 0) is 62.0 Å². The van der Waals surface area contributed by atoms with E-state index >= 15 is 0 Å². The number of nitrogens with zero attached hydrogens (tertiary/aromatic N) is 1. The van der Waals surface area contributed by atoms with Crippen molar-refractivity contribution >= 4 is 27.7 Å². The molecule has 210 valence electrons. The lowest BCUT2D eigenvalue weighted by Gasteiger charge is -2.32. The molecule has 1 aliphatic heterocycles. The van der Waals surface area contributed by atoms with Crippen LogP contribution in [0.1, 0.15) is 56.1 Å². The molecule has 2 aromatic rings. The van der Waals surface area contributed by atoms with Gasteiger partial charge in [0.2, 0.25) is 21.8 Å². The second-order valence-electron chi connectivity index (χ2n) is 10.8. The van der Waals surface area contributed by atoms with Crippen molar-refractivity contribution in [1.29, 1.82) is 5.41 Å². The number of nitrogens with two attached hydrogens (primary N) is 1. The molecule has 39 heavy (non-hydrogen) atoms. The van der Waals surface area contributed by atoms with Crippen LogP contribution in [0.4, 0.5) is 0 Å². The number of sulfonamides is 1. The standard InChI is InChI=1S/C29H39N5O4S/c30-27(31)19-22-13-15-24(16-14-22)32-28(35)26-12-7-17-34(26)29(36)25(18-21-8-3-1-4-9-21)33-39(37,38)20-23-10-5-2-6-11-23/h1-6,8-11,22,24-26,33H,7,12-20H2,(H3,30,31)(H,32,35)/t22?,24?,25-,26+/m1/s1. The first-order chi connectivity index (χ1) is 18.7. The van der Waals surface area contributed by atoms with E-state index in [1.807, 2.05) is 36.4 Å². The number of carbonyl (C=O) groups is 2. The van der Waals surface area contributed by atoms with E-state index < -0.39 is 22.1 Å². The average Bonchev–Trinajstić information content (AvgIpc) is 3.40. The number of carbonyl (C=O) groups excluding carboxylic acids is 2. The Bertz CT molecular complexity index is 1230. The molecule has 2 fully saturated rings. The maximum Gasteiger partial charge on any atom is 0.243 e. The van der Waals surface area contributed by atoms with Crippen LogP contribution >= 0.6 is 0 Å². The van der Waals surface area contributed by atoms with Crippen LogP contribution in [0.5, 0.6) is 0 Å². The van der Waals surface area contributed by atoms with Crippen molar-refractivity contribution in [3.63, 3.8) is 0 Å². The molecule has 1 heterocycles. The summed E-state index contributed by atoms with van der Waals surface area (Å²) >= 11 is 0. The van der Waals surface area contributed by atoms with Gasteiger partial charge in [0.05, 0.1) is 11.6 Å². The molecule has 5 N–H and O–H groups in total. The van der Waals surface area contributed by atoms with Gasteiger partial charge >= 0.3 is 0 Å². The van der Waals surface area contributed by atoms with Crippen LogP contribution in [0, 0.1) is 11.3 Å². The Morgan fingerprint density at radius 1 is 0.949 bits per heavy atom. The average molecular weight is 554 g/mol. The molecular weight excluding hydrogens is 514 g/mol. The third kappa shape index (κ3) is 8.37. The van der Waals surface area contributed by atoms with Gasteiger partial charge < -0.3 is 16.0 Å². The summed E-state index contributed by atoms with van der Waals surface area (Å²) in [4.78, 5) is 28.7. The van der Waals surface area contributed by atoms with Crippen molar-refractivity contribution in [2.75, 3.05) is 6.54 Å². The number of hydrogen-bond donors (Lipinski definition) is 4. The third-order valence-corrected chi connectivity index (χ3v) is 9.00. The first-order valence-corrected chi connectivity index (χ1v) is 15.4. The second-order valence-corrected chi connectivity index (χ2v) is 12.5. The minimum atomic E-state index is -3.82. The number of benzene rings is 2. The molecule has 1 aliphatic carbocycles. The van der Waals surface area contributed by atoms with Crippen molar-refractivity contribution in [2.24, 2.45) is 11.7 Å². The lowest BCUT2D eigenvalue weighted by molar-refractivity contribution is -0.140. The molecule has 2 aromatic carbocycles. The van der Waals surface area contributed by atoms with E-state index in [4.69, 9.17) is 11.1 Å². The topological polar surface area (TPSA) is 145 Å². The highest BCUT2D eigenvalue weighted by molar-refractivity contribution is 7.88. The minimum Gasteiger partial charge on any atom is -0.388 e. The Balaban J connectivity index is 1.44. The number of hydrogen-bond acceptors (Lipinski definition) is 5.